The molecule has 0 spiro atoms. The van der Waals surface area contributed by atoms with Crippen molar-refractivity contribution in [2.45, 2.75) is 69.1 Å². The minimum absolute atomic E-state index is 0.140. The van der Waals surface area contributed by atoms with Crippen LogP contribution in [0.5, 0.6) is 0 Å². The standard InChI is InChI=1S/C15H27N3O2/c16-12-4-2-1-3-5-13(12)18-8-9-20-10-14(18)15(19)17-11-6-7-11/h11-14H,1-10,16H2,(H,17,19). The lowest BCUT2D eigenvalue weighted by atomic mass is 9.99. The van der Waals surface area contributed by atoms with E-state index in [9.17, 15) is 4.79 Å². The van der Waals surface area contributed by atoms with E-state index in [1.165, 1.54) is 19.3 Å². The van der Waals surface area contributed by atoms with Crippen LogP contribution in [0.2, 0.25) is 0 Å². The Kier molecular flexibility index (Phi) is 4.58. The van der Waals surface area contributed by atoms with Crippen molar-refractivity contribution < 1.29 is 9.53 Å². The number of carbonyl (C=O) groups excluding carboxylic acids is 1. The second-order valence-electron chi connectivity index (χ2n) is 6.48. The van der Waals surface area contributed by atoms with E-state index in [0.29, 0.717) is 18.7 Å². The van der Waals surface area contributed by atoms with Crippen molar-refractivity contribution >= 4 is 5.91 Å². The Morgan fingerprint density at radius 3 is 2.75 bits per heavy atom. The van der Waals surface area contributed by atoms with Gasteiger partial charge in [-0.05, 0) is 25.7 Å². The van der Waals surface area contributed by atoms with Crippen LogP contribution in [-0.4, -0.2) is 54.7 Å². The van der Waals surface area contributed by atoms with Crippen molar-refractivity contribution in [3.63, 3.8) is 0 Å². The zero-order valence-electron chi connectivity index (χ0n) is 12.2. The maximum absolute atomic E-state index is 12.4. The van der Waals surface area contributed by atoms with E-state index in [2.05, 4.69) is 10.2 Å². The molecule has 3 aliphatic rings. The van der Waals surface area contributed by atoms with Crippen molar-refractivity contribution in [3.8, 4) is 0 Å². The summed E-state index contributed by atoms with van der Waals surface area (Å²) in [6.45, 7) is 2.07. The minimum Gasteiger partial charge on any atom is -0.378 e. The quantitative estimate of drug-likeness (QED) is 0.745. The third-order valence-electron chi connectivity index (χ3n) is 4.85. The van der Waals surface area contributed by atoms with Gasteiger partial charge in [-0.1, -0.05) is 19.3 Å². The molecule has 3 atom stereocenters. The molecule has 0 aromatic heterocycles. The number of nitrogens with two attached hydrogens (primary N) is 1. The Labute approximate surface area is 121 Å². The molecule has 1 heterocycles. The summed E-state index contributed by atoms with van der Waals surface area (Å²) in [7, 11) is 0. The van der Waals surface area contributed by atoms with E-state index in [1.807, 2.05) is 0 Å². The lowest BCUT2D eigenvalue weighted by molar-refractivity contribution is -0.135. The number of rotatable bonds is 3. The zero-order valence-corrected chi connectivity index (χ0v) is 12.2. The van der Waals surface area contributed by atoms with Gasteiger partial charge in [0.1, 0.15) is 6.04 Å². The summed E-state index contributed by atoms with van der Waals surface area (Å²) >= 11 is 0. The van der Waals surface area contributed by atoms with E-state index < -0.39 is 0 Å². The molecule has 3 rings (SSSR count). The van der Waals surface area contributed by atoms with Crippen molar-refractivity contribution in [1.29, 1.82) is 0 Å². The van der Waals surface area contributed by atoms with Crippen LogP contribution in [0.3, 0.4) is 0 Å². The van der Waals surface area contributed by atoms with Crippen LogP contribution in [0.1, 0.15) is 44.9 Å². The van der Waals surface area contributed by atoms with Gasteiger partial charge in [0, 0.05) is 24.7 Å². The number of ether oxygens (including phenoxy) is 1. The van der Waals surface area contributed by atoms with Gasteiger partial charge >= 0.3 is 0 Å². The summed E-state index contributed by atoms with van der Waals surface area (Å²) < 4.78 is 5.55. The maximum atomic E-state index is 12.4. The first-order valence-electron chi connectivity index (χ1n) is 8.15. The van der Waals surface area contributed by atoms with Gasteiger partial charge in [-0.3, -0.25) is 9.69 Å². The predicted molar refractivity (Wildman–Crippen MR) is 77.3 cm³/mol. The highest BCUT2D eigenvalue weighted by Crippen LogP contribution is 2.25. The van der Waals surface area contributed by atoms with E-state index in [-0.39, 0.29) is 18.0 Å². The first-order chi connectivity index (χ1) is 9.75. The third-order valence-corrected chi connectivity index (χ3v) is 4.85. The minimum atomic E-state index is -0.140. The molecule has 1 saturated heterocycles. The van der Waals surface area contributed by atoms with Gasteiger partial charge in [-0.15, -0.1) is 0 Å². The van der Waals surface area contributed by atoms with Crippen molar-refractivity contribution in [3.05, 3.63) is 0 Å². The highest BCUT2D eigenvalue weighted by Gasteiger charge is 2.38. The Balaban J connectivity index is 1.67. The summed E-state index contributed by atoms with van der Waals surface area (Å²) in [6, 6.07) is 0.816. The first-order valence-corrected chi connectivity index (χ1v) is 8.15. The molecular formula is C15H27N3O2. The Hall–Kier alpha value is -0.650. The smallest absolute Gasteiger partial charge is 0.239 e. The number of hydrogen-bond acceptors (Lipinski definition) is 4. The van der Waals surface area contributed by atoms with Gasteiger partial charge in [0.05, 0.1) is 13.2 Å². The van der Waals surface area contributed by atoms with Crippen LogP contribution in [0.4, 0.5) is 0 Å². The average molecular weight is 281 g/mol. The van der Waals surface area contributed by atoms with E-state index in [0.717, 1.165) is 38.8 Å². The van der Waals surface area contributed by atoms with Gasteiger partial charge in [-0.2, -0.15) is 0 Å². The fraction of sp³-hybridized carbons (Fsp3) is 0.933. The molecule has 20 heavy (non-hydrogen) atoms. The molecule has 0 aromatic carbocycles. The molecule has 2 saturated carbocycles. The Bertz CT molecular complexity index is 346. The summed E-state index contributed by atoms with van der Waals surface area (Å²) in [4.78, 5) is 14.8. The predicted octanol–water partition coefficient (Wildman–Crippen LogP) is 0.626. The molecule has 0 aromatic rings. The maximum Gasteiger partial charge on any atom is 0.239 e. The Morgan fingerprint density at radius 1 is 1.15 bits per heavy atom. The monoisotopic (exact) mass is 281 g/mol. The molecule has 5 nitrogen and oxygen atoms in total. The molecule has 0 bridgehead atoms. The van der Waals surface area contributed by atoms with Crippen LogP contribution in [-0.2, 0) is 9.53 Å². The molecule has 3 fully saturated rings. The second kappa shape index (κ2) is 6.41. The van der Waals surface area contributed by atoms with Crippen molar-refractivity contribution in [2.75, 3.05) is 19.8 Å². The molecule has 5 heteroatoms. The van der Waals surface area contributed by atoms with Crippen LogP contribution in [0, 0.1) is 0 Å². The second-order valence-corrected chi connectivity index (χ2v) is 6.48. The molecule has 1 amide bonds. The highest BCUT2D eigenvalue weighted by molar-refractivity contribution is 5.82. The van der Waals surface area contributed by atoms with Crippen LogP contribution in [0.25, 0.3) is 0 Å². The summed E-state index contributed by atoms with van der Waals surface area (Å²) in [5, 5.41) is 3.12. The van der Waals surface area contributed by atoms with Crippen LogP contribution in [0.15, 0.2) is 0 Å². The van der Waals surface area contributed by atoms with Crippen LogP contribution >= 0.6 is 0 Å². The van der Waals surface area contributed by atoms with Crippen molar-refractivity contribution in [2.24, 2.45) is 5.73 Å². The SMILES string of the molecule is NC1CCCCCC1N1CCOCC1C(=O)NC1CC1. The summed E-state index contributed by atoms with van der Waals surface area (Å²) in [5.41, 5.74) is 6.37. The van der Waals surface area contributed by atoms with Gasteiger partial charge in [0.25, 0.3) is 0 Å². The van der Waals surface area contributed by atoms with E-state index in [1.54, 1.807) is 0 Å². The van der Waals surface area contributed by atoms with E-state index in [4.69, 9.17) is 10.5 Å². The number of amides is 1. The lowest BCUT2D eigenvalue weighted by Gasteiger charge is -2.42. The molecule has 2 aliphatic carbocycles. The highest BCUT2D eigenvalue weighted by atomic mass is 16.5. The average Bonchev–Trinajstić information content (AvgIpc) is 3.27. The third kappa shape index (κ3) is 3.32. The number of carbonyl (C=O) groups is 1. The number of nitrogens with zero attached hydrogens (tertiary/aromatic N) is 1. The number of nitrogens with one attached hydrogen (secondary N) is 1. The van der Waals surface area contributed by atoms with Gasteiger partial charge in [0.15, 0.2) is 0 Å². The summed E-state index contributed by atoms with van der Waals surface area (Å²) in [6.07, 6.45) is 8.18. The first kappa shape index (κ1) is 14.3. The van der Waals surface area contributed by atoms with Gasteiger partial charge in [0.2, 0.25) is 5.91 Å². The largest absolute Gasteiger partial charge is 0.378 e. The molecule has 3 unspecified atom stereocenters. The fourth-order valence-corrected chi connectivity index (χ4v) is 3.49. The zero-order chi connectivity index (χ0) is 13.9. The topological polar surface area (TPSA) is 67.6 Å². The van der Waals surface area contributed by atoms with Crippen molar-refractivity contribution in [1.82, 2.24) is 10.2 Å². The number of hydrogen-bond donors (Lipinski definition) is 2. The Morgan fingerprint density at radius 2 is 1.95 bits per heavy atom. The molecular weight excluding hydrogens is 254 g/mol. The fourth-order valence-electron chi connectivity index (χ4n) is 3.49. The van der Waals surface area contributed by atoms with Gasteiger partial charge in [-0.25, -0.2) is 0 Å². The number of morpholine rings is 1. The lowest BCUT2D eigenvalue weighted by Crippen LogP contribution is -2.61. The molecule has 114 valence electrons. The summed E-state index contributed by atoms with van der Waals surface area (Å²) in [5.74, 6) is 0.142. The van der Waals surface area contributed by atoms with Crippen LogP contribution < -0.4 is 11.1 Å². The van der Waals surface area contributed by atoms with E-state index >= 15 is 0 Å². The molecule has 0 radical (unpaired) electrons. The normalized spacial score (nSPS) is 36.4. The molecule has 3 N–H and O–H groups in total. The molecule has 1 aliphatic heterocycles. The van der Waals surface area contributed by atoms with Gasteiger partial charge < -0.3 is 15.8 Å².